The Morgan fingerprint density at radius 3 is 1.36 bits per heavy atom. The molecule has 0 spiro atoms. The minimum absolute atomic E-state index is 0.320. The maximum Gasteiger partial charge on any atom is 0.180 e. The molecular weight excluding hydrogens is 521 g/mol. The second-order valence-electron chi connectivity index (χ2n) is 17.3. The molecule has 0 aromatic heterocycles. The molecule has 16 atom stereocenters. The summed E-state index contributed by atoms with van der Waals surface area (Å²) in [6.45, 7) is 15.9. The first kappa shape index (κ1) is 24.7. The summed E-state index contributed by atoms with van der Waals surface area (Å²) in [7, 11) is -4.33. The third kappa shape index (κ3) is 2.70. The van der Waals surface area contributed by atoms with Crippen molar-refractivity contribution in [3.63, 3.8) is 0 Å². The summed E-state index contributed by atoms with van der Waals surface area (Å²) >= 11 is 0. The number of ether oxygens (including phenoxy) is 4. The van der Waals surface area contributed by atoms with Gasteiger partial charge in [0.05, 0.1) is 48.8 Å². The van der Waals surface area contributed by atoms with E-state index in [0.717, 1.165) is 23.7 Å². The molecule has 0 N–H and O–H groups in total. The van der Waals surface area contributed by atoms with Gasteiger partial charge in [-0.05, 0) is 135 Å². The van der Waals surface area contributed by atoms with Crippen LogP contribution >= 0.6 is 0 Å². The van der Waals surface area contributed by atoms with E-state index in [0.29, 0.717) is 69.7 Å². The van der Waals surface area contributed by atoms with E-state index in [1.807, 2.05) is 0 Å². The minimum atomic E-state index is -2.17. The molecule has 16 unspecified atom stereocenters. The highest BCUT2D eigenvalue weighted by molar-refractivity contribution is 6.88. The predicted molar refractivity (Wildman–Crippen MR) is 152 cm³/mol. The molecular formula is C32H50O5Si2. The van der Waals surface area contributed by atoms with Crippen LogP contribution in [0.1, 0.15) is 78.1 Å². The SMILES string of the molecule is CC1C2C3OC3CCC12C1([Si](C)(C)O[Si](C)(C)C2(C34CCC5OC5C3C4C)CCC3OC3C2)CCC2OC2C1. The van der Waals surface area contributed by atoms with Gasteiger partial charge in [-0.2, -0.15) is 0 Å². The summed E-state index contributed by atoms with van der Waals surface area (Å²) in [5, 5.41) is 0.641. The highest BCUT2D eigenvalue weighted by Gasteiger charge is 2.85. The monoisotopic (exact) mass is 570 g/mol. The van der Waals surface area contributed by atoms with Crippen LogP contribution in [0.3, 0.4) is 0 Å². The lowest BCUT2D eigenvalue weighted by Crippen LogP contribution is -2.63. The predicted octanol–water partition coefficient (Wildman–Crippen LogP) is 6.42. The van der Waals surface area contributed by atoms with Crippen molar-refractivity contribution < 1.29 is 23.1 Å². The Balaban J connectivity index is 1.05. The molecule has 216 valence electrons. The van der Waals surface area contributed by atoms with Crippen molar-refractivity contribution >= 4 is 16.6 Å². The van der Waals surface area contributed by atoms with Gasteiger partial charge in [0.15, 0.2) is 16.6 Å². The highest BCUT2D eigenvalue weighted by Crippen LogP contribution is 2.87. The standard InChI is InChI=1S/C32H50O5Si2/c1-17-25-27-21(35-27)9-13-31(17,25)29(11-7-19-23(15-29)33-19)38(3,4)37-39(5,6)30(12-8-20-24(16-30)34-20)32-14-10-22-28(36-22)26(32)18(32)2/h17-28H,7-16H2,1-6H3. The highest BCUT2D eigenvalue weighted by atomic mass is 28.4. The molecule has 4 aliphatic heterocycles. The van der Waals surface area contributed by atoms with Crippen molar-refractivity contribution in [3.8, 4) is 0 Å². The average molecular weight is 571 g/mol. The fraction of sp³-hybridized carbons (Fsp3) is 1.00. The Hall–Kier alpha value is 0.234. The summed E-state index contributed by atoms with van der Waals surface area (Å²) in [6, 6.07) is 0. The van der Waals surface area contributed by atoms with E-state index in [2.05, 4.69) is 40.0 Å². The maximum absolute atomic E-state index is 8.21. The second-order valence-corrected chi connectivity index (χ2v) is 26.0. The van der Waals surface area contributed by atoms with Crippen LogP contribution in [0.25, 0.3) is 0 Å². The molecule has 0 bridgehead atoms. The van der Waals surface area contributed by atoms with Crippen molar-refractivity contribution in [2.24, 2.45) is 34.5 Å². The van der Waals surface area contributed by atoms with Crippen molar-refractivity contribution in [1.82, 2.24) is 0 Å². The maximum atomic E-state index is 8.21. The van der Waals surface area contributed by atoms with Gasteiger partial charge in [0.25, 0.3) is 0 Å². The molecule has 6 aliphatic carbocycles. The zero-order chi connectivity index (χ0) is 26.5. The van der Waals surface area contributed by atoms with E-state index in [9.17, 15) is 0 Å². The lowest BCUT2D eigenvalue weighted by atomic mass is 9.70. The fourth-order valence-electron chi connectivity index (χ4n) is 14.2. The van der Waals surface area contributed by atoms with Crippen LogP contribution < -0.4 is 0 Å². The van der Waals surface area contributed by atoms with Crippen molar-refractivity contribution in [3.05, 3.63) is 0 Å². The Labute approximate surface area is 237 Å². The molecule has 10 aliphatic rings. The number of fused-ring (bicyclic) bond motifs is 8. The first-order valence-electron chi connectivity index (χ1n) is 16.8. The fourth-order valence-corrected chi connectivity index (χ4v) is 27.0. The summed E-state index contributed by atoms with van der Waals surface area (Å²) < 4.78 is 33.4. The van der Waals surface area contributed by atoms with Gasteiger partial charge in [0.2, 0.25) is 0 Å². The van der Waals surface area contributed by atoms with Crippen LogP contribution in [0.4, 0.5) is 0 Å². The normalized spacial score (nSPS) is 64.8. The summed E-state index contributed by atoms with van der Waals surface area (Å²) in [6.07, 6.45) is 17.3. The lowest BCUT2D eigenvalue weighted by Gasteiger charge is -2.60. The van der Waals surface area contributed by atoms with E-state index < -0.39 is 16.6 Å². The van der Waals surface area contributed by atoms with Crippen molar-refractivity contribution in [1.29, 1.82) is 0 Å². The van der Waals surface area contributed by atoms with Crippen LogP contribution in [0.15, 0.2) is 0 Å². The first-order valence-corrected chi connectivity index (χ1v) is 22.7. The van der Waals surface area contributed by atoms with Gasteiger partial charge in [-0.15, -0.1) is 0 Å². The molecule has 7 heteroatoms. The largest absolute Gasteiger partial charge is 0.455 e. The average Bonchev–Trinajstić information content (AvgIpc) is 3.70. The van der Waals surface area contributed by atoms with Crippen LogP contribution in [0, 0.1) is 34.5 Å². The Morgan fingerprint density at radius 1 is 0.538 bits per heavy atom. The molecule has 4 saturated heterocycles. The van der Waals surface area contributed by atoms with E-state index in [1.54, 1.807) is 0 Å². The molecule has 0 radical (unpaired) electrons. The van der Waals surface area contributed by atoms with E-state index >= 15 is 0 Å². The van der Waals surface area contributed by atoms with Crippen LogP contribution in [-0.4, -0.2) is 65.5 Å². The molecule has 0 amide bonds. The Bertz CT molecular complexity index is 1060. The number of hydrogen-bond donors (Lipinski definition) is 0. The van der Waals surface area contributed by atoms with Crippen LogP contribution in [0.5, 0.6) is 0 Å². The molecule has 6 saturated carbocycles. The number of rotatable bonds is 6. The molecule has 5 nitrogen and oxygen atoms in total. The number of hydrogen-bond acceptors (Lipinski definition) is 5. The smallest absolute Gasteiger partial charge is 0.180 e. The molecule has 0 aromatic rings. The van der Waals surface area contributed by atoms with E-state index in [-0.39, 0.29) is 0 Å². The third-order valence-corrected chi connectivity index (χ3v) is 26.6. The van der Waals surface area contributed by atoms with Crippen molar-refractivity contribution in [2.45, 2.75) is 163 Å². The molecule has 10 rings (SSSR count). The Kier molecular flexibility index (Phi) is 4.40. The molecule has 39 heavy (non-hydrogen) atoms. The van der Waals surface area contributed by atoms with E-state index in [1.165, 1.54) is 64.2 Å². The third-order valence-electron chi connectivity index (χ3n) is 16.1. The Morgan fingerprint density at radius 2 is 0.949 bits per heavy atom. The minimum Gasteiger partial charge on any atom is -0.455 e. The van der Waals surface area contributed by atoms with Crippen molar-refractivity contribution in [2.75, 3.05) is 0 Å². The lowest BCUT2D eigenvalue weighted by molar-refractivity contribution is 0.154. The molecule has 10 fully saturated rings. The molecule has 4 heterocycles. The summed E-state index contributed by atoms with van der Waals surface area (Å²) in [4.78, 5) is 0. The number of epoxide rings is 4. The van der Waals surface area contributed by atoms with Gasteiger partial charge in [-0.3, -0.25) is 0 Å². The second kappa shape index (κ2) is 6.97. The molecule has 0 aromatic carbocycles. The van der Waals surface area contributed by atoms with Gasteiger partial charge in [-0.1, -0.05) is 13.8 Å². The quantitative estimate of drug-likeness (QED) is 0.272. The van der Waals surface area contributed by atoms with Crippen LogP contribution in [0.2, 0.25) is 36.3 Å². The summed E-state index contributed by atoms with van der Waals surface area (Å²) in [5.41, 5.74) is 0.861. The summed E-state index contributed by atoms with van der Waals surface area (Å²) in [5.74, 6) is 3.10. The van der Waals surface area contributed by atoms with Gasteiger partial charge < -0.3 is 23.1 Å². The van der Waals surface area contributed by atoms with Gasteiger partial charge >= 0.3 is 0 Å². The van der Waals surface area contributed by atoms with Gasteiger partial charge in [0.1, 0.15) is 0 Å². The topological polar surface area (TPSA) is 59.4 Å². The zero-order valence-electron chi connectivity index (χ0n) is 25.0. The van der Waals surface area contributed by atoms with Gasteiger partial charge in [-0.25, -0.2) is 0 Å². The first-order chi connectivity index (χ1) is 18.5. The van der Waals surface area contributed by atoms with E-state index in [4.69, 9.17) is 23.1 Å². The van der Waals surface area contributed by atoms with Gasteiger partial charge in [0, 0.05) is 0 Å². The zero-order valence-corrected chi connectivity index (χ0v) is 27.0. The van der Waals surface area contributed by atoms with Crippen LogP contribution in [-0.2, 0) is 23.1 Å².